The van der Waals surface area contributed by atoms with Crippen molar-refractivity contribution in [2.45, 2.75) is 12.6 Å². The molecule has 0 atom stereocenters. The average molecular weight is 316 g/mol. The second-order valence-corrected chi connectivity index (χ2v) is 4.49. The largest absolute Gasteiger partial charge is 0.478 e. The van der Waals surface area contributed by atoms with Gasteiger partial charge < -0.3 is 5.11 Å². The molecule has 0 radical (unpaired) electrons. The fourth-order valence-corrected chi connectivity index (χ4v) is 1.96. The molecule has 2 aromatic carbocycles. The van der Waals surface area contributed by atoms with Gasteiger partial charge in [0.25, 0.3) is 6.43 Å². The van der Waals surface area contributed by atoms with Crippen molar-refractivity contribution in [2.24, 2.45) is 0 Å². The van der Waals surface area contributed by atoms with E-state index in [0.717, 1.165) is 42.5 Å². The Balaban J connectivity index is 2.54. The first kappa shape index (κ1) is 15.9. The first-order valence-electron chi connectivity index (χ1n) is 6.03. The molecule has 2 rings (SSSR count). The molecule has 0 amide bonds. The van der Waals surface area contributed by atoms with Gasteiger partial charge in [-0.25, -0.2) is 13.6 Å². The lowest BCUT2D eigenvalue weighted by molar-refractivity contribution is -0.137. The van der Waals surface area contributed by atoms with Crippen LogP contribution in [0.25, 0.3) is 11.1 Å². The highest BCUT2D eigenvalue weighted by Gasteiger charge is 2.30. The molecule has 0 aromatic heterocycles. The van der Waals surface area contributed by atoms with Crippen LogP contribution < -0.4 is 0 Å². The zero-order valence-electron chi connectivity index (χ0n) is 10.9. The SMILES string of the molecule is O=C(O)c1ccc(C(F)F)cc1-c1ccc(C(F)(F)F)cc1. The van der Waals surface area contributed by atoms with Crippen LogP contribution in [0.15, 0.2) is 42.5 Å². The van der Waals surface area contributed by atoms with Crippen molar-refractivity contribution in [1.82, 2.24) is 0 Å². The Morgan fingerprint density at radius 1 is 1.00 bits per heavy atom. The minimum absolute atomic E-state index is 0.0565. The van der Waals surface area contributed by atoms with Crippen LogP contribution in [0, 0.1) is 0 Å². The molecule has 22 heavy (non-hydrogen) atoms. The standard InChI is InChI=1S/C15H9F5O2/c16-13(17)9-3-6-11(14(21)22)12(7-9)8-1-4-10(5-2-8)15(18,19)20/h1-7,13H,(H,21,22). The molecule has 0 saturated heterocycles. The summed E-state index contributed by atoms with van der Waals surface area (Å²) in [6.45, 7) is 0. The van der Waals surface area contributed by atoms with Crippen molar-refractivity contribution < 1.29 is 31.9 Å². The summed E-state index contributed by atoms with van der Waals surface area (Å²) in [5, 5.41) is 9.07. The van der Waals surface area contributed by atoms with Gasteiger partial charge in [0.15, 0.2) is 0 Å². The van der Waals surface area contributed by atoms with E-state index in [2.05, 4.69) is 0 Å². The molecule has 1 N–H and O–H groups in total. The zero-order valence-corrected chi connectivity index (χ0v) is 10.9. The predicted molar refractivity (Wildman–Crippen MR) is 68.8 cm³/mol. The van der Waals surface area contributed by atoms with E-state index in [-0.39, 0.29) is 16.7 Å². The van der Waals surface area contributed by atoms with Crippen LogP contribution in [0.2, 0.25) is 0 Å². The maximum absolute atomic E-state index is 12.7. The van der Waals surface area contributed by atoms with Crippen molar-refractivity contribution in [2.75, 3.05) is 0 Å². The second kappa shape index (κ2) is 5.75. The molecule has 0 heterocycles. The summed E-state index contributed by atoms with van der Waals surface area (Å²) >= 11 is 0. The molecule has 0 unspecified atom stereocenters. The highest BCUT2D eigenvalue weighted by molar-refractivity contribution is 5.96. The molecule has 0 aliphatic heterocycles. The maximum atomic E-state index is 12.7. The number of hydrogen-bond acceptors (Lipinski definition) is 1. The number of carbonyl (C=O) groups is 1. The number of carboxylic acid groups (broad SMARTS) is 1. The number of aromatic carboxylic acids is 1. The number of rotatable bonds is 3. The van der Waals surface area contributed by atoms with Crippen molar-refractivity contribution in [3.8, 4) is 11.1 Å². The maximum Gasteiger partial charge on any atom is 0.416 e. The summed E-state index contributed by atoms with van der Waals surface area (Å²) in [6, 6.07) is 6.61. The highest BCUT2D eigenvalue weighted by atomic mass is 19.4. The van der Waals surface area contributed by atoms with E-state index < -0.39 is 29.7 Å². The molecule has 0 saturated carbocycles. The van der Waals surface area contributed by atoms with Gasteiger partial charge in [0, 0.05) is 5.56 Å². The lowest BCUT2D eigenvalue weighted by Gasteiger charge is -2.11. The molecule has 2 nitrogen and oxygen atoms in total. The third kappa shape index (κ3) is 3.24. The van der Waals surface area contributed by atoms with Crippen molar-refractivity contribution >= 4 is 5.97 Å². The van der Waals surface area contributed by atoms with E-state index in [1.807, 2.05) is 0 Å². The van der Waals surface area contributed by atoms with Crippen LogP contribution in [0.5, 0.6) is 0 Å². The second-order valence-electron chi connectivity index (χ2n) is 4.49. The Morgan fingerprint density at radius 2 is 1.59 bits per heavy atom. The Morgan fingerprint density at radius 3 is 2.05 bits per heavy atom. The quantitative estimate of drug-likeness (QED) is 0.808. The average Bonchev–Trinajstić information content (AvgIpc) is 2.45. The van der Waals surface area contributed by atoms with Crippen LogP contribution in [-0.4, -0.2) is 11.1 Å². The van der Waals surface area contributed by atoms with Crippen LogP contribution in [0.1, 0.15) is 27.9 Å². The van der Waals surface area contributed by atoms with Gasteiger partial charge in [-0.2, -0.15) is 13.2 Å². The summed E-state index contributed by atoms with van der Waals surface area (Å²) < 4.78 is 63.0. The first-order chi connectivity index (χ1) is 10.2. The summed E-state index contributed by atoms with van der Waals surface area (Å²) in [6.07, 6.45) is -7.34. The molecule has 0 spiro atoms. The molecule has 0 aliphatic carbocycles. The van der Waals surface area contributed by atoms with E-state index in [0.29, 0.717) is 0 Å². The van der Waals surface area contributed by atoms with Gasteiger partial charge in [-0.3, -0.25) is 0 Å². The Labute approximate surface area is 121 Å². The predicted octanol–water partition coefficient (Wildman–Crippen LogP) is 5.01. The molecule has 2 aromatic rings. The van der Waals surface area contributed by atoms with Crippen molar-refractivity contribution in [3.63, 3.8) is 0 Å². The Bertz CT molecular complexity index is 690. The number of hydrogen-bond donors (Lipinski definition) is 1. The van der Waals surface area contributed by atoms with Gasteiger partial charge >= 0.3 is 12.1 Å². The molecular formula is C15H9F5O2. The van der Waals surface area contributed by atoms with Crippen LogP contribution in [0.3, 0.4) is 0 Å². The van der Waals surface area contributed by atoms with E-state index >= 15 is 0 Å². The Kier molecular flexibility index (Phi) is 4.16. The third-order valence-electron chi connectivity index (χ3n) is 3.05. The minimum Gasteiger partial charge on any atom is -0.478 e. The minimum atomic E-state index is -4.53. The molecule has 116 valence electrons. The van der Waals surface area contributed by atoms with Gasteiger partial charge in [-0.1, -0.05) is 18.2 Å². The first-order valence-corrected chi connectivity index (χ1v) is 6.03. The molecule has 0 fully saturated rings. The van der Waals surface area contributed by atoms with Crippen LogP contribution in [0.4, 0.5) is 22.0 Å². The van der Waals surface area contributed by atoms with E-state index in [1.165, 1.54) is 0 Å². The molecule has 7 heteroatoms. The normalized spacial score (nSPS) is 11.7. The number of benzene rings is 2. The van der Waals surface area contributed by atoms with Gasteiger partial charge in [-0.15, -0.1) is 0 Å². The zero-order chi connectivity index (χ0) is 16.5. The lowest BCUT2D eigenvalue weighted by atomic mass is 9.96. The van der Waals surface area contributed by atoms with Crippen LogP contribution in [-0.2, 0) is 6.18 Å². The lowest BCUT2D eigenvalue weighted by Crippen LogP contribution is -2.05. The van der Waals surface area contributed by atoms with Crippen molar-refractivity contribution in [1.29, 1.82) is 0 Å². The number of carboxylic acids is 1. The van der Waals surface area contributed by atoms with E-state index in [4.69, 9.17) is 5.11 Å². The smallest absolute Gasteiger partial charge is 0.416 e. The summed E-state index contributed by atoms with van der Waals surface area (Å²) in [4.78, 5) is 11.1. The summed E-state index contributed by atoms with van der Waals surface area (Å²) in [5.41, 5.74) is -1.51. The summed E-state index contributed by atoms with van der Waals surface area (Å²) in [7, 11) is 0. The highest BCUT2D eigenvalue weighted by Crippen LogP contribution is 2.33. The third-order valence-corrected chi connectivity index (χ3v) is 3.05. The monoisotopic (exact) mass is 316 g/mol. The molecule has 0 aliphatic rings. The number of halogens is 5. The fraction of sp³-hybridized carbons (Fsp3) is 0.133. The Hall–Kier alpha value is -2.44. The van der Waals surface area contributed by atoms with Gasteiger partial charge in [0.2, 0.25) is 0 Å². The molecular weight excluding hydrogens is 307 g/mol. The van der Waals surface area contributed by atoms with Gasteiger partial charge in [-0.05, 0) is 35.4 Å². The fourth-order valence-electron chi connectivity index (χ4n) is 1.96. The van der Waals surface area contributed by atoms with Crippen molar-refractivity contribution in [3.05, 3.63) is 59.2 Å². The van der Waals surface area contributed by atoms with E-state index in [9.17, 15) is 26.7 Å². The summed E-state index contributed by atoms with van der Waals surface area (Å²) in [5.74, 6) is -1.35. The van der Waals surface area contributed by atoms with Crippen LogP contribution >= 0.6 is 0 Å². The topological polar surface area (TPSA) is 37.3 Å². The van der Waals surface area contributed by atoms with E-state index in [1.54, 1.807) is 0 Å². The molecule has 0 bridgehead atoms. The van der Waals surface area contributed by atoms with Gasteiger partial charge in [0.1, 0.15) is 0 Å². The number of alkyl halides is 5. The van der Waals surface area contributed by atoms with Gasteiger partial charge in [0.05, 0.1) is 11.1 Å².